The van der Waals surface area contributed by atoms with E-state index in [0.717, 1.165) is 54.4 Å². The number of likely N-dealkylation sites (tertiary alicyclic amines) is 1. The number of hydrogen-bond donors (Lipinski definition) is 0. The maximum Gasteiger partial charge on any atom is 0.254 e. The van der Waals surface area contributed by atoms with E-state index in [2.05, 4.69) is 27.0 Å². The minimum atomic E-state index is 0.143. The van der Waals surface area contributed by atoms with Crippen molar-refractivity contribution in [1.29, 1.82) is 0 Å². The predicted octanol–water partition coefficient (Wildman–Crippen LogP) is 4.18. The highest BCUT2D eigenvalue weighted by molar-refractivity contribution is 5.98. The molecule has 4 nitrogen and oxygen atoms in total. The van der Waals surface area contributed by atoms with E-state index >= 15 is 0 Å². The molecule has 1 amide bonds. The van der Waals surface area contributed by atoms with Gasteiger partial charge in [-0.15, -0.1) is 0 Å². The Morgan fingerprint density at radius 3 is 2.96 bits per heavy atom. The van der Waals surface area contributed by atoms with Gasteiger partial charge in [0.15, 0.2) is 0 Å². The molecule has 132 valence electrons. The van der Waals surface area contributed by atoms with Gasteiger partial charge in [-0.1, -0.05) is 6.07 Å². The van der Waals surface area contributed by atoms with Crippen LogP contribution < -0.4 is 0 Å². The van der Waals surface area contributed by atoms with Crippen molar-refractivity contribution in [3.05, 3.63) is 71.7 Å². The van der Waals surface area contributed by atoms with Crippen LogP contribution in [0.5, 0.6) is 0 Å². The van der Waals surface area contributed by atoms with Crippen molar-refractivity contribution in [2.45, 2.75) is 38.6 Å². The summed E-state index contributed by atoms with van der Waals surface area (Å²) in [6.07, 6.45) is 7.81. The number of aromatic nitrogens is 2. The first kappa shape index (κ1) is 16.7. The Hall–Kier alpha value is -2.75. The SMILES string of the molecule is Cc1cc(CCC2CCCN2C(=O)c2ccc3ncccc3c2)ccn1. The normalized spacial score (nSPS) is 17.0. The van der Waals surface area contributed by atoms with Crippen LogP contribution in [0, 0.1) is 6.92 Å². The highest BCUT2D eigenvalue weighted by atomic mass is 16.2. The molecule has 0 N–H and O–H groups in total. The van der Waals surface area contributed by atoms with Crippen LogP contribution in [0.3, 0.4) is 0 Å². The van der Waals surface area contributed by atoms with Gasteiger partial charge in [-0.2, -0.15) is 0 Å². The lowest BCUT2D eigenvalue weighted by atomic mass is 10.0. The summed E-state index contributed by atoms with van der Waals surface area (Å²) < 4.78 is 0. The first-order chi connectivity index (χ1) is 12.7. The van der Waals surface area contributed by atoms with Crippen LogP contribution in [0.15, 0.2) is 54.9 Å². The van der Waals surface area contributed by atoms with Crippen molar-refractivity contribution in [2.24, 2.45) is 0 Å². The Bertz CT molecular complexity index is 937. The molecule has 4 rings (SSSR count). The number of nitrogens with zero attached hydrogens (tertiary/aromatic N) is 3. The number of hydrogen-bond acceptors (Lipinski definition) is 3. The van der Waals surface area contributed by atoms with Gasteiger partial charge in [-0.3, -0.25) is 14.8 Å². The van der Waals surface area contributed by atoms with Crippen LogP contribution in [-0.4, -0.2) is 33.4 Å². The lowest BCUT2D eigenvalue weighted by Crippen LogP contribution is -2.35. The fraction of sp³-hybridized carbons (Fsp3) is 0.318. The summed E-state index contributed by atoms with van der Waals surface area (Å²) in [7, 11) is 0. The number of aryl methyl sites for hydroxylation is 2. The van der Waals surface area contributed by atoms with Crippen molar-refractivity contribution in [1.82, 2.24) is 14.9 Å². The molecule has 1 saturated heterocycles. The molecule has 3 heterocycles. The van der Waals surface area contributed by atoms with Crippen LogP contribution in [0.25, 0.3) is 10.9 Å². The van der Waals surface area contributed by atoms with Crippen LogP contribution in [0.1, 0.15) is 40.9 Å². The van der Waals surface area contributed by atoms with E-state index in [1.165, 1.54) is 5.56 Å². The first-order valence-corrected chi connectivity index (χ1v) is 9.28. The Morgan fingerprint density at radius 2 is 2.08 bits per heavy atom. The van der Waals surface area contributed by atoms with E-state index in [9.17, 15) is 4.79 Å². The Labute approximate surface area is 153 Å². The molecule has 1 unspecified atom stereocenters. The Kier molecular flexibility index (Phi) is 4.65. The van der Waals surface area contributed by atoms with Gasteiger partial charge in [0.25, 0.3) is 5.91 Å². The minimum Gasteiger partial charge on any atom is -0.336 e. The minimum absolute atomic E-state index is 0.143. The molecule has 0 radical (unpaired) electrons. The van der Waals surface area contributed by atoms with E-state index in [-0.39, 0.29) is 5.91 Å². The fourth-order valence-electron chi connectivity index (χ4n) is 3.87. The van der Waals surface area contributed by atoms with Gasteiger partial charge in [0.05, 0.1) is 5.52 Å². The summed E-state index contributed by atoms with van der Waals surface area (Å²) in [5, 5.41) is 1.02. The zero-order valence-electron chi connectivity index (χ0n) is 15.1. The second-order valence-corrected chi connectivity index (χ2v) is 7.05. The zero-order chi connectivity index (χ0) is 17.9. The van der Waals surface area contributed by atoms with Gasteiger partial charge in [0, 0.05) is 41.6 Å². The lowest BCUT2D eigenvalue weighted by molar-refractivity contribution is 0.0731. The number of benzene rings is 1. The van der Waals surface area contributed by atoms with Crippen LogP contribution in [0.4, 0.5) is 0 Å². The van der Waals surface area contributed by atoms with E-state index in [0.29, 0.717) is 6.04 Å². The third kappa shape index (κ3) is 3.45. The van der Waals surface area contributed by atoms with Crippen molar-refractivity contribution in [3.63, 3.8) is 0 Å². The molecule has 1 atom stereocenters. The molecule has 1 aliphatic heterocycles. The molecule has 2 aromatic heterocycles. The van der Waals surface area contributed by atoms with E-state index in [4.69, 9.17) is 0 Å². The number of carbonyl (C=O) groups is 1. The summed E-state index contributed by atoms with van der Waals surface area (Å²) in [5.41, 5.74) is 4.03. The van der Waals surface area contributed by atoms with Crippen LogP contribution in [-0.2, 0) is 6.42 Å². The fourth-order valence-corrected chi connectivity index (χ4v) is 3.87. The van der Waals surface area contributed by atoms with Crippen molar-refractivity contribution >= 4 is 16.8 Å². The molecule has 1 aromatic carbocycles. The van der Waals surface area contributed by atoms with E-state index in [1.54, 1.807) is 6.20 Å². The summed E-state index contributed by atoms with van der Waals surface area (Å²) in [4.78, 5) is 23.7. The van der Waals surface area contributed by atoms with E-state index in [1.807, 2.05) is 43.5 Å². The topological polar surface area (TPSA) is 46.1 Å². The second kappa shape index (κ2) is 7.24. The van der Waals surface area contributed by atoms with Crippen LogP contribution >= 0.6 is 0 Å². The van der Waals surface area contributed by atoms with E-state index < -0.39 is 0 Å². The number of fused-ring (bicyclic) bond motifs is 1. The lowest BCUT2D eigenvalue weighted by Gasteiger charge is -2.25. The van der Waals surface area contributed by atoms with Gasteiger partial charge < -0.3 is 4.90 Å². The smallest absolute Gasteiger partial charge is 0.254 e. The van der Waals surface area contributed by atoms with Crippen molar-refractivity contribution < 1.29 is 4.79 Å². The molecule has 0 aliphatic carbocycles. The third-order valence-electron chi connectivity index (χ3n) is 5.22. The summed E-state index contributed by atoms with van der Waals surface area (Å²) >= 11 is 0. The highest BCUT2D eigenvalue weighted by Crippen LogP contribution is 2.25. The average Bonchev–Trinajstić information content (AvgIpc) is 3.14. The quantitative estimate of drug-likeness (QED) is 0.713. The third-order valence-corrected chi connectivity index (χ3v) is 5.22. The number of carbonyl (C=O) groups excluding carboxylic acids is 1. The summed E-state index contributed by atoms with van der Waals surface area (Å²) in [6.45, 7) is 2.87. The summed E-state index contributed by atoms with van der Waals surface area (Å²) in [6, 6.07) is 14.2. The summed E-state index contributed by atoms with van der Waals surface area (Å²) in [5.74, 6) is 0.143. The number of pyridine rings is 2. The molecular weight excluding hydrogens is 322 g/mol. The molecule has 0 spiro atoms. The molecule has 3 aromatic rings. The number of amides is 1. The highest BCUT2D eigenvalue weighted by Gasteiger charge is 2.29. The van der Waals surface area contributed by atoms with Crippen molar-refractivity contribution in [3.8, 4) is 0 Å². The van der Waals surface area contributed by atoms with Crippen molar-refractivity contribution in [2.75, 3.05) is 6.54 Å². The first-order valence-electron chi connectivity index (χ1n) is 9.28. The second-order valence-electron chi connectivity index (χ2n) is 7.05. The largest absolute Gasteiger partial charge is 0.336 e. The van der Waals surface area contributed by atoms with Gasteiger partial charge in [-0.05, 0) is 74.6 Å². The monoisotopic (exact) mass is 345 g/mol. The standard InChI is InChI=1S/C22H23N3O/c1-16-14-17(10-12-23-16)6-8-20-5-3-13-25(20)22(26)19-7-9-21-18(15-19)4-2-11-24-21/h2,4,7,9-12,14-15,20H,3,5-6,8,13H2,1H3. The maximum absolute atomic E-state index is 13.1. The molecule has 1 aliphatic rings. The Balaban J connectivity index is 1.48. The molecule has 1 fully saturated rings. The Morgan fingerprint density at radius 1 is 1.15 bits per heavy atom. The predicted molar refractivity (Wildman–Crippen MR) is 103 cm³/mol. The molecule has 0 bridgehead atoms. The molecule has 26 heavy (non-hydrogen) atoms. The zero-order valence-corrected chi connectivity index (χ0v) is 15.1. The van der Waals surface area contributed by atoms with Crippen LogP contribution in [0.2, 0.25) is 0 Å². The molecule has 4 heteroatoms. The maximum atomic E-state index is 13.1. The molecule has 0 saturated carbocycles. The average molecular weight is 345 g/mol. The molecular formula is C22H23N3O. The number of rotatable bonds is 4. The van der Waals surface area contributed by atoms with Gasteiger partial charge in [-0.25, -0.2) is 0 Å². The van der Waals surface area contributed by atoms with Gasteiger partial charge >= 0.3 is 0 Å². The van der Waals surface area contributed by atoms with Gasteiger partial charge in [0.1, 0.15) is 0 Å². The van der Waals surface area contributed by atoms with Gasteiger partial charge in [0.2, 0.25) is 0 Å².